The summed E-state index contributed by atoms with van der Waals surface area (Å²) in [5.41, 5.74) is 6.94. The van der Waals surface area contributed by atoms with Crippen LogP contribution >= 0.6 is 11.6 Å². The molecule has 82 valence electrons. The van der Waals surface area contributed by atoms with Crippen LogP contribution in [0.3, 0.4) is 0 Å². The van der Waals surface area contributed by atoms with Crippen LogP contribution in [-0.4, -0.2) is 12.1 Å². The van der Waals surface area contributed by atoms with E-state index in [9.17, 15) is 0 Å². The third-order valence-corrected chi connectivity index (χ3v) is 3.55. The van der Waals surface area contributed by atoms with E-state index in [1.807, 2.05) is 24.3 Å². The standard InChI is InChI=1S/C12H17ClN2/c13-10-5-1-2-6-11(10)15-12(9-14)7-3-4-8-12/h1-2,5-6,15H,3-4,7-9,14H2. The van der Waals surface area contributed by atoms with Crippen LogP contribution in [0.25, 0.3) is 0 Å². The van der Waals surface area contributed by atoms with Crippen molar-refractivity contribution < 1.29 is 0 Å². The second-order valence-electron chi connectivity index (χ2n) is 4.30. The van der Waals surface area contributed by atoms with Crippen molar-refractivity contribution >= 4 is 17.3 Å². The van der Waals surface area contributed by atoms with Crippen LogP contribution in [0.15, 0.2) is 24.3 Å². The summed E-state index contributed by atoms with van der Waals surface area (Å²) < 4.78 is 0. The summed E-state index contributed by atoms with van der Waals surface area (Å²) in [6, 6.07) is 7.85. The largest absolute Gasteiger partial charge is 0.377 e. The number of halogens is 1. The molecule has 15 heavy (non-hydrogen) atoms. The molecule has 1 aliphatic rings. The summed E-state index contributed by atoms with van der Waals surface area (Å²) in [6.45, 7) is 0.679. The van der Waals surface area contributed by atoms with Crippen molar-refractivity contribution in [1.29, 1.82) is 0 Å². The lowest BCUT2D eigenvalue weighted by Gasteiger charge is -2.30. The molecule has 3 N–H and O–H groups in total. The van der Waals surface area contributed by atoms with Gasteiger partial charge in [-0.1, -0.05) is 36.6 Å². The monoisotopic (exact) mass is 224 g/mol. The van der Waals surface area contributed by atoms with Crippen LogP contribution in [-0.2, 0) is 0 Å². The van der Waals surface area contributed by atoms with Gasteiger partial charge in [-0.2, -0.15) is 0 Å². The number of nitrogens with two attached hydrogens (primary N) is 1. The molecule has 1 fully saturated rings. The molecule has 0 bridgehead atoms. The van der Waals surface area contributed by atoms with E-state index in [2.05, 4.69) is 5.32 Å². The van der Waals surface area contributed by atoms with Crippen molar-refractivity contribution in [2.24, 2.45) is 5.73 Å². The van der Waals surface area contributed by atoms with Gasteiger partial charge in [0.2, 0.25) is 0 Å². The molecule has 2 rings (SSSR count). The second kappa shape index (κ2) is 4.42. The Morgan fingerprint density at radius 1 is 1.27 bits per heavy atom. The SMILES string of the molecule is NCC1(Nc2ccccc2Cl)CCCC1. The van der Waals surface area contributed by atoms with Gasteiger partial charge in [0.1, 0.15) is 0 Å². The highest BCUT2D eigenvalue weighted by atomic mass is 35.5. The number of benzene rings is 1. The Kier molecular flexibility index (Phi) is 3.17. The molecule has 0 atom stereocenters. The van der Waals surface area contributed by atoms with E-state index >= 15 is 0 Å². The number of hydrogen-bond acceptors (Lipinski definition) is 2. The summed E-state index contributed by atoms with van der Waals surface area (Å²) in [7, 11) is 0. The third kappa shape index (κ3) is 2.27. The second-order valence-corrected chi connectivity index (χ2v) is 4.70. The van der Waals surface area contributed by atoms with E-state index in [1.165, 1.54) is 12.8 Å². The summed E-state index contributed by atoms with van der Waals surface area (Å²) >= 11 is 6.12. The molecule has 0 saturated heterocycles. The maximum Gasteiger partial charge on any atom is 0.0637 e. The molecule has 2 nitrogen and oxygen atoms in total. The minimum Gasteiger partial charge on any atom is -0.377 e. The van der Waals surface area contributed by atoms with Crippen molar-refractivity contribution in [3.8, 4) is 0 Å². The van der Waals surface area contributed by atoms with Gasteiger partial charge in [-0.05, 0) is 25.0 Å². The highest BCUT2D eigenvalue weighted by molar-refractivity contribution is 6.33. The Hall–Kier alpha value is -0.730. The lowest BCUT2D eigenvalue weighted by atomic mass is 9.97. The maximum absolute atomic E-state index is 6.12. The Labute approximate surface area is 95.8 Å². The van der Waals surface area contributed by atoms with Crippen molar-refractivity contribution in [2.45, 2.75) is 31.2 Å². The number of para-hydroxylation sites is 1. The van der Waals surface area contributed by atoms with Gasteiger partial charge in [-0.25, -0.2) is 0 Å². The van der Waals surface area contributed by atoms with Crippen molar-refractivity contribution in [2.75, 3.05) is 11.9 Å². The zero-order valence-corrected chi connectivity index (χ0v) is 9.56. The van der Waals surface area contributed by atoms with E-state index < -0.39 is 0 Å². The molecule has 0 aromatic heterocycles. The molecule has 0 radical (unpaired) electrons. The minimum absolute atomic E-state index is 0.0744. The van der Waals surface area contributed by atoms with Gasteiger partial charge in [0, 0.05) is 12.1 Å². The van der Waals surface area contributed by atoms with Crippen LogP contribution < -0.4 is 11.1 Å². The van der Waals surface area contributed by atoms with Gasteiger partial charge in [0.05, 0.1) is 10.7 Å². The number of nitrogens with one attached hydrogen (secondary N) is 1. The Morgan fingerprint density at radius 3 is 2.53 bits per heavy atom. The van der Waals surface area contributed by atoms with Crippen LogP contribution in [0.2, 0.25) is 5.02 Å². The lowest BCUT2D eigenvalue weighted by molar-refractivity contribution is 0.493. The van der Waals surface area contributed by atoms with Gasteiger partial charge in [0.25, 0.3) is 0 Å². The van der Waals surface area contributed by atoms with Crippen LogP contribution in [0.1, 0.15) is 25.7 Å². The van der Waals surface area contributed by atoms with Crippen LogP contribution in [0.4, 0.5) is 5.69 Å². The third-order valence-electron chi connectivity index (χ3n) is 3.23. The van der Waals surface area contributed by atoms with Gasteiger partial charge in [-0.15, -0.1) is 0 Å². The molecule has 0 spiro atoms. The average Bonchev–Trinajstić information content (AvgIpc) is 2.71. The first-order chi connectivity index (χ1) is 7.26. The zero-order chi connectivity index (χ0) is 10.7. The summed E-state index contributed by atoms with van der Waals surface area (Å²) in [6.07, 6.45) is 4.81. The predicted octanol–water partition coefficient (Wildman–Crippen LogP) is 3.02. The van der Waals surface area contributed by atoms with Crippen molar-refractivity contribution in [1.82, 2.24) is 0 Å². The first-order valence-corrected chi connectivity index (χ1v) is 5.86. The van der Waals surface area contributed by atoms with Gasteiger partial charge in [-0.3, -0.25) is 0 Å². The first-order valence-electron chi connectivity index (χ1n) is 5.49. The van der Waals surface area contributed by atoms with E-state index in [0.717, 1.165) is 23.6 Å². The molecule has 1 aromatic rings. The zero-order valence-electron chi connectivity index (χ0n) is 8.80. The highest BCUT2D eigenvalue weighted by Crippen LogP contribution is 2.34. The molecule has 0 amide bonds. The molecule has 1 aromatic carbocycles. The quantitative estimate of drug-likeness (QED) is 0.829. The average molecular weight is 225 g/mol. The fraction of sp³-hybridized carbons (Fsp3) is 0.500. The fourth-order valence-corrected chi connectivity index (χ4v) is 2.46. The van der Waals surface area contributed by atoms with Crippen molar-refractivity contribution in [3.05, 3.63) is 29.3 Å². The van der Waals surface area contributed by atoms with Gasteiger partial charge in [0.15, 0.2) is 0 Å². The Morgan fingerprint density at radius 2 is 1.93 bits per heavy atom. The number of anilines is 1. The van der Waals surface area contributed by atoms with Crippen molar-refractivity contribution in [3.63, 3.8) is 0 Å². The maximum atomic E-state index is 6.12. The number of rotatable bonds is 3. The molecule has 0 unspecified atom stereocenters. The van der Waals surface area contributed by atoms with Gasteiger partial charge < -0.3 is 11.1 Å². The predicted molar refractivity (Wildman–Crippen MR) is 65.3 cm³/mol. The topological polar surface area (TPSA) is 38.0 Å². The van der Waals surface area contributed by atoms with E-state index in [0.29, 0.717) is 6.54 Å². The molecule has 3 heteroatoms. The first kappa shape index (κ1) is 10.8. The smallest absolute Gasteiger partial charge is 0.0637 e. The lowest BCUT2D eigenvalue weighted by Crippen LogP contribution is -2.42. The molecule has 0 aliphatic heterocycles. The Bertz CT molecular complexity index is 332. The Balaban J connectivity index is 2.16. The molecule has 1 saturated carbocycles. The van der Waals surface area contributed by atoms with E-state index in [4.69, 9.17) is 17.3 Å². The normalized spacial score (nSPS) is 19.1. The molecule has 1 aliphatic carbocycles. The highest BCUT2D eigenvalue weighted by Gasteiger charge is 2.32. The van der Waals surface area contributed by atoms with E-state index in [-0.39, 0.29) is 5.54 Å². The summed E-state index contributed by atoms with van der Waals surface area (Å²) in [5, 5.41) is 4.29. The molecular weight excluding hydrogens is 208 g/mol. The fourth-order valence-electron chi connectivity index (χ4n) is 2.28. The molecule has 0 heterocycles. The van der Waals surface area contributed by atoms with Gasteiger partial charge >= 0.3 is 0 Å². The number of hydrogen-bond donors (Lipinski definition) is 2. The van der Waals surface area contributed by atoms with E-state index in [1.54, 1.807) is 0 Å². The van der Waals surface area contributed by atoms with Crippen LogP contribution in [0, 0.1) is 0 Å². The van der Waals surface area contributed by atoms with Crippen LogP contribution in [0.5, 0.6) is 0 Å². The summed E-state index contributed by atoms with van der Waals surface area (Å²) in [5.74, 6) is 0. The molecular formula is C12H17ClN2. The summed E-state index contributed by atoms with van der Waals surface area (Å²) in [4.78, 5) is 0. The minimum atomic E-state index is 0.0744.